The Balaban J connectivity index is 1.42. The van der Waals surface area contributed by atoms with Crippen molar-refractivity contribution in [2.45, 2.75) is 45.6 Å². The molecular formula is C20H36N4O3. The van der Waals surface area contributed by atoms with Crippen molar-refractivity contribution < 1.29 is 14.3 Å². The summed E-state index contributed by atoms with van der Waals surface area (Å²) in [5.74, 6) is 0.677. The maximum absolute atomic E-state index is 12.7. The van der Waals surface area contributed by atoms with Crippen LogP contribution in [0, 0.1) is 11.8 Å². The van der Waals surface area contributed by atoms with Crippen molar-refractivity contribution in [3.8, 4) is 0 Å². The highest BCUT2D eigenvalue weighted by molar-refractivity contribution is 5.79. The highest BCUT2D eigenvalue weighted by Crippen LogP contribution is 2.20. The molecule has 3 rings (SSSR count). The Morgan fingerprint density at radius 3 is 2.15 bits per heavy atom. The van der Waals surface area contributed by atoms with E-state index in [2.05, 4.69) is 24.1 Å². The first-order chi connectivity index (χ1) is 13.1. The normalized spacial score (nSPS) is 23.7. The summed E-state index contributed by atoms with van der Waals surface area (Å²) in [6.45, 7) is 11.7. The molecule has 3 aliphatic rings. The number of rotatable bonds is 5. The summed E-state index contributed by atoms with van der Waals surface area (Å²) in [6.07, 6.45) is 3.78. The van der Waals surface area contributed by atoms with Gasteiger partial charge in [0.1, 0.15) is 0 Å². The van der Waals surface area contributed by atoms with Crippen LogP contribution in [-0.2, 0) is 9.53 Å². The standard InChI is InChI=1S/C20H36N4O3/c1-16(2)18(22-11-13-27-14-12-22)15-21-19(25)17-5-9-24(10-6-17)20(26)23-7-3-4-8-23/h16-18H,3-15H2,1-2H3,(H,21,25). The Morgan fingerprint density at radius 1 is 0.963 bits per heavy atom. The fraction of sp³-hybridized carbons (Fsp3) is 0.900. The Hall–Kier alpha value is -1.34. The number of likely N-dealkylation sites (tertiary alicyclic amines) is 2. The molecule has 1 atom stereocenters. The predicted molar refractivity (Wildman–Crippen MR) is 105 cm³/mol. The molecule has 3 aliphatic heterocycles. The van der Waals surface area contributed by atoms with E-state index in [9.17, 15) is 9.59 Å². The van der Waals surface area contributed by atoms with Crippen molar-refractivity contribution in [2.24, 2.45) is 11.8 Å². The van der Waals surface area contributed by atoms with E-state index in [1.54, 1.807) is 0 Å². The minimum atomic E-state index is 0.0325. The Bertz CT molecular complexity index is 493. The van der Waals surface area contributed by atoms with Crippen molar-refractivity contribution in [1.82, 2.24) is 20.0 Å². The summed E-state index contributed by atoms with van der Waals surface area (Å²) < 4.78 is 5.45. The average molecular weight is 381 g/mol. The second-order valence-electron chi connectivity index (χ2n) is 8.44. The summed E-state index contributed by atoms with van der Waals surface area (Å²) in [6, 6.07) is 0.522. The van der Waals surface area contributed by atoms with Crippen LogP contribution in [0.3, 0.4) is 0 Å². The van der Waals surface area contributed by atoms with Crippen molar-refractivity contribution >= 4 is 11.9 Å². The fourth-order valence-electron chi connectivity index (χ4n) is 4.49. The van der Waals surface area contributed by atoms with Gasteiger partial charge in [0.15, 0.2) is 0 Å². The Kier molecular flexibility index (Phi) is 7.35. The molecule has 7 nitrogen and oxygen atoms in total. The highest BCUT2D eigenvalue weighted by atomic mass is 16.5. The third-order valence-corrected chi connectivity index (χ3v) is 6.28. The zero-order valence-electron chi connectivity index (χ0n) is 17.0. The first-order valence-electron chi connectivity index (χ1n) is 10.7. The van der Waals surface area contributed by atoms with Gasteiger partial charge in [-0.25, -0.2) is 4.79 Å². The fourth-order valence-corrected chi connectivity index (χ4v) is 4.49. The Labute approximate surface area is 163 Å². The number of ether oxygens (including phenoxy) is 1. The summed E-state index contributed by atoms with van der Waals surface area (Å²) in [7, 11) is 0. The molecule has 154 valence electrons. The van der Waals surface area contributed by atoms with Gasteiger partial charge in [-0.15, -0.1) is 0 Å². The van der Waals surface area contributed by atoms with Crippen LogP contribution >= 0.6 is 0 Å². The van der Waals surface area contributed by atoms with Gasteiger partial charge in [-0.3, -0.25) is 9.69 Å². The summed E-state index contributed by atoms with van der Waals surface area (Å²) >= 11 is 0. The lowest BCUT2D eigenvalue weighted by Crippen LogP contribution is -2.52. The van der Waals surface area contributed by atoms with Gasteiger partial charge in [0, 0.05) is 57.8 Å². The smallest absolute Gasteiger partial charge is 0.319 e. The van der Waals surface area contributed by atoms with Gasteiger partial charge in [-0.05, 0) is 31.6 Å². The van der Waals surface area contributed by atoms with Crippen LogP contribution in [0.15, 0.2) is 0 Å². The van der Waals surface area contributed by atoms with Crippen LogP contribution in [0.5, 0.6) is 0 Å². The van der Waals surface area contributed by atoms with Crippen molar-refractivity contribution in [3.63, 3.8) is 0 Å². The van der Waals surface area contributed by atoms with E-state index in [-0.39, 0.29) is 17.9 Å². The summed E-state index contributed by atoms with van der Waals surface area (Å²) in [5, 5.41) is 3.19. The number of carbonyl (C=O) groups excluding carboxylic acids is 2. The lowest BCUT2D eigenvalue weighted by Gasteiger charge is -2.37. The molecule has 0 aliphatic carbocycles. The predicted octanol–water partition coefficient (Wildman–Crippen LogP) is 1.39. The zero-order chi connectivity index (χ0) is 19.2. The average Bonchev–Trinajstić information content (AvgIpc) is 3.23. The first-order valence-corrected chi connectivity index (χ1v) is 10.7. The maximum atomic E-state index is 12.7. The zero-order valence-corrected chi connectivity index (χ0v) is 17.0. The van der Waals surface area contributed by atoms with E-state index in [1.807, 2.05) is 9.80 Å². The van der Waals surface area contributed by atoms with Gasteiger partial charge in [0.25, 0.3) is 0 Å². The first kappa shape index (κ1) is 20.4. The van der Waals surface area contributed by atoms with Crippen LogP contribution in [0.25, 0.3) is 0 Å². The van der Waals surface area contributed by atoms with Gasteiger partial charge >= 0.3 is 6.03 Å². The maximum Gasteiger partial charge on any atom is 0.319 e. The summed E-state index contributed by atoms with van der Waals surface area (Å²) in [5.41, 5.74) is 0. The lowest BCUT2D eigenvalue weighted by molar-refractivity contribution is -0.126. The second-order valence-corrected chi connectivity index (χ2v) is 8.44. The SMILES string of the molecule is CC(C)C(CNC(=O)C1CCN(C(=O)N2CCCC2)CC1)N1CCOCC1. The number of nitrogens with one attached hydrogen (secondary N) is 1. The van der Waals surface area contributed by atoms with E-state index in [0.29, 0.717) is 31.6 Å². The number of nitrogens with zero attached hydrogens (tertiary/aromatic N) is 3. The second kappa shape index (κ2) is 9.73. The van der Waals surface area contributed by atoms with Crippen molar-refractivity contribution in [2.75, 3.05) is 59.0 Å². The number of hydrogen-bond donors (Lipinski definition) is 1. The molecular weight excluding hydrogens is 344 g/mol. The highest BCUT2D eigenvalue weighted by Gasteiger charge is 2.31. The minimum absolute atomic E-state index is 0.0325. The molecule has 3 amide bonds. The molecule has 0 spiro atoms. The lowest BCUT2D eigenvalue weighted by atomic mass is 9.95. The van der Waals surface area contributed by atoms with E-state index in [1.165, 1.54) is 0 Å². The molecule has 0 aromatic heterocycles. The topological polar surface area (TPSA) is 65.1 Å². The molecule has 0 saturated carbocycles. The summed E-state index contributed by atoms with van der Waals surface area (Å²) in [4.78, 5) is 31.5. The molecule has 27 heavy (non-hydrogen) atoms. The van der Waals surface area contributed by atoms with E-state index in [0.717, 1.165) is 65.1 Å². The number of urea groups is 1. The molecule has 1 N–H and O–H groups in total. The van der Waals surface area contributed by atoms with Gasteiger partial charge < -0.3 is 19.9 Å². The van der Waals surface area contributed by atoms with Gasteiger partial charge in [0.2, 0.25) is 5.91 Å². The third kappa shape index (κ3) is 5.35. The molecule has 3 fully saturated rings. The third-order valence-electron chi connectivity index (χ3n) is 6.28. The van der Waals surface area contributed by atoms with Gasteiger partial charge in [0.05, 0.1) is 13.2 Å². The molecule has 3 heterocycles. The van der Waals surface area contributed by atoms with Crippen molar-refractivity contribution in [3.05, 3.63) is 0 Å². The van der Waals surface area contributed by atoms with E-state index < -0.39 is 0 Å². The van der Waals surface area contributed by atoms with Crippen LogP contribution in [-0.4, -0.2) is 91.7 Å². The van der Waals surface area contributed by atoms with E-state index in [4.69, 9.17) is 4.74 Å². The van der Waals surface area contributed by atoms with Crippen LogP contribution in [0.1, 0.15) is 39.5 Å². The Morgan fingerprint density at radius 2 is 1.56 bits per heavy atom. The number of morpholine rings is 1. The molecule has 3 saturated heterocycles. The quantitative estimate of drug-likeness (QED) is 0.783. The number of piperidine rings is 1. The monoisotopic (exact) mass is 380 g/mol. The number of hydrogen-bond acceptors (Lipinski definition) is 4. The van der Waals surface area contributed by atoms with Gasteiger partial charge in [-0.1, -0.05) is 13.8 Å². The van der Waals surface area contributed by atoms with E-state index >= 15 is 0 Å². The molecule has 0 bridgehead atoms. The molecule has 1 unspecified atom stereocenters. The molecule has 0 radical (unpaired) electrons. The molecule has 7 heteroatoms. The number of carbonyl (C=O) groups is 2. The van der Waals surface area contributed by atoms with Crippen LogP contribution in [0.4, 0.5) is 4.79 Å². The van der Waals surface area contributed by atoms with Gasteiger partial charge in [-0.2, -0.15) is 0 Å². The minimum Gasteiger partial charge on any atom is -0.379 e. The van der Waals surface area contributed by atoms with Crippen molar-refractivity contribution in [1.29, 1.82) is 0 Å². The molecule has 0 aromatic rings. The van der Waals surface area contributed by atoms with Crippen LogP contribution < -0.4 is 5.32 Å². The largest absolute Gasteiger partial charge is 0.379 e. The number of amides is 3. The molecule has 0 aromatic carbocycles. The van der Waals surface area contributed by atoms with Crippen LogP contribution in [0.2, 0.25) is 0 Å².